The Morgan fingerprint density at radius 2 is 2.29 bits per heavy atom. The fourth-order valence-electron chi connectivity index (χ4n) is 1.07. The van der Waals surface area contributed by atoms with E-state index in [9.17, 15) is 4.55 Å². The third kappa shape index (κ3) is 3.13. The number of hydrogen-bond donors (Lipinski definition) is 2. The first-order valence-electron chi connectivity index (χ1n) is 4.52. The summed E-state index contributed by atoms with van der Waals surface area (Å²) in [6.07, 6.45) is 3.12. The molecule has 5 nitrogen and oxygen atoms in total. The number of anilines is 1. The number of thiocarbonyl (C=S) groups is 1. The van der Waals surface area contributed by atoms with E-state index in [1.165, 1.54) is 17.5 Å². The van der Waals surface area contributed by atoms with Crippen molar-refractivity contribution >= 4 is 45.0 Å². The minimum atomic E-state index is -1.32. The van der Waals surface area contributed by atoms with Gasteiger partial charge < -0.3 is 15.6 Å². The van der Waals surface area contributed by atoms with Crippen molar-refractivity contribution in [1.29, 1.82) is 0 Å². The Balaban J connectivity index is 2.17. The van der Waals surface area contributed by atoms with E-state index in [1.807, 2.05) is 0 Å². The smallest absolute Gasteiger partial charge is 0.251 e. The zero-order valence-electron chi connectivity index (χ0n) is 8.49. The molecule has 2 aromatic rings. The molecular weight excluding hydrogens is 276 g/mol. The zero-order chi connectivity index (χ0) is 12.3. The van der Waals surface area contributed by atoms with Crippen LogP contribution in [0.1, 0.15) is 0 Å². The van der Waals surface area contributed by atoms with Gasteiger partial charge in [-0.2, -0.15) is 0 Å². The van der Waals surface area contributed by atoms with E-state index in [0.717, 1.165) is 0 Å². The van der Waals surface area contributed by atoms with Gasteiger partial charge in [-0.3, -0.25) is 0 Å². The van der Waals surface area contributed by atoms with Crippen molar-refractivity contribution in [2.45, 2.75) is 9.24 Å². The summed E-state index contributed by atoms with van der Waals surface area (Å²) in [6, 6.07) is 5.26. The molecule has 1 atom stereocenters. The van der Waals surface area contributed by atoms with Crippen molar-refractivity contribution in [3.05, 3.63) is 30.6 Å². The van der Waals surface area contributed by atoms with Crippen molar-refractivity contribution < 1.29 is 4.55 Å². The van der Waals surface area contributed by atoms with Gasteiger partial charge in [0.15, 0.2) is 10.2 Å². The number of nitrogens with zero attached hydrogens (tertiary/aromatic N) is 2. The summed E-state index contributed by atoms with van der Waals surface area (Å²) in [4.78, 5) is 8.06. The Labute approximate surface area is 110 Å². The lowest BCUT2D eigenvalue weighted by Gasteiger charge is -2.04. The molecule has 0 saturated heterocycles. The quantitative estimate of drug-likeness (QED) is 0.653. The molecule has 1 unspecified atom stereocenters. The van der Waals surface area contributed by atoms with Gasteiger partial charge in [-0.25, -0.2) is 9.97 Å². The molecule has 0 bridgehead atoms. The lowest BCUT2D eigenvalue weighted by molar-refractivity contribution is 0.593. The minimum absolute atomic E-state index is 0.134. The van der Waals surface area contributed by atoms with E-state index in [1.54, 1.807) is 24.4 Å². The molecule has 88 valence electrons. The van der Waals surface area contributed by atoms with Gasteiger partial charge in [-0.05, 0) is 29.6 Å². The second-order valence-corrected chi connectivity index (χ2v) is 6.03. The van der Waals surface area contributed by atoms with Crippen LogP contribution in [0.15, 0.2) is 39.8 Å². The van der Waals surface area contributed by atoms with Gasteiger partial charge in [-0.1, -0.05) is 6.07 Å². The van der Waals surface area contributed by atoms with Crippen LogP contribution in [0, 0.1) is 0 Å². The van der Waals surface area contributed by atoms with E-state index in [-0.39, 0.29) is 5.11 Å². The van der Waals surface area contributed by atoms with E-state index in [4.69, 9.17) is 18.0 Å². The van der Waals surface area contributed by atoms with Gasteiger partial charge in [0.2, 0.25) is 4.21 Å². The third-order valence-electron chi connectivity index (χ3n) is 1.73. The van der Waals surface area contributed by atoms with Crippen LogP contribution in [-0.2, 0) is 11.2 Å². The van der Waals surface area contributed by atoms with Crippen molar-refractivity contribution in [2.24, 2.45) is 5.73 Å². The van der Waals surface area contributed by atoms with Gasteiger partial charge in [0, 0.05) is 12.3 Å². The molecule has 0 aliphatic heterocycles. The van der Waals surface area contributed by atoms with Crippen LogP contribution in [0.25, 0.3) is 0 Å². The highest BCUT2D eigenvalue weighted by molar-refractivity contribution is 7.93. The average Bonchev–Trinajstić information content (AvgIpc) is 2.77. The number of thiazole rings is 1. The summed E-state index contributed by atoms with van der Waals surface area (Å²) in [5.41, 5.74) is 5.32. The van der Waals surface area contributed by atoms with Crippen molar-refractivity contribution in [3.63, 3.8) is 0 Å². The van der Waals surface area contributed by atoms with Gasteiger partial charge in [0.1, 0.15) is 0 Å². The average molecular weight is 284 g/mol. The van der Waals surface area contributed by atoms with Crippen LogP contribution in [0.2, 0.25) is 0 Å². The van der Waals surface area contributed by atoms with Gasteiger partial charge >= 0.3 is 0 Å². The molecule has 0 fully saturated rings. The second-order valence-electron chi connectivity index (χ2n) is 2.91. The first kappa shape index (κ1) is 12.2. The molecule has 2 aromatic heterocycles. The lowest BCUT2D eigenvalue weighted by atomic mass is 10.5. The standard InChI is InChI=1S/C9H8N4OS3/c10-8(15)13-9-12-5-7(16-9)17(14)6-3-1-2-4-11-6/h1-5H,(H3,10,12,13,15). The summed E-state index contributed by atoms with van der Waals surface area (Å²) in [6.45, 7) is 0. The molecule has 0 aromatic carbocycles. The summed E-state index contributed by atoms with van der Waals surface area (Å²) in [5.74, 6) is 0. The molecule has 2 rings (SSSR count). The summed E-state index contributed by atoms with van der Waals surface area (Å²) >= 11 is 4.61. The molecule has 0 aliphatic rings. The van der Waals surface area contributed by atoms with Crippen LogP contribution >= 0.6 is 23.6 Å². The minimum Gasteiger partial charge on any atom is -0.605 e. The third-order valence-corrected chi connectivity index (χ3v) is 4.33. The van der Waals surface area contributed by atoms with Gasteiger partial charge in [0.25, 0.3) is 5.03 Å². The zero-order valence-corrected chi connectivity index (χ0v) is 10.9. The van der Waals surface area contributed by atoms with Crippen molar-refractivity contribution in [1.82, 2.24) is 9.97 Å². The normalized spacial score (nSPS) is 12.1. The highest BCUT2D eigenvalue weighted by Gasteiger charge is 2.19. The van der Waals surface area contributed by atoms with Crippen molar-refractivity contribution in [2.75, 3.05) is 5.32 Å². The second kappa shape index (κ2) is 5.41. The lowest BCUT2D eigenvalue weighted by Crippen LogP contribution is -2.18. The molecule has 0 aliphatic carbocycles. The maximum atomic E-state index is 12.1. The predicted octanol–water partition coefficient (Wildman–Crippen LogP) is 1.36. The fraction of sp³-hybridized carbons (Fsp3) is 0. The fourth-order valence-corrected chi connectivity index (χ4v) is 3.30. The SMILES string of the molecule is NC(=S)Nc1ncc([S+]([O-])c2ccccn2)s1. The number of nitrogens with two attached hydrogens (primary N) is 1. The van der Waals surface area contributed by atoms with Gasteiger partial charge in [0.05, 0.1) is 17.4 Å². The number of nitrogens with one attached hydrogen (secondary N) is 1. The van der Waals surface area contributed by atoms with Crippen LogP contribution in [-0.4, -0.2) is 19.6 Å². The maximum absolute atomic E-state index is 12.1. The van der Waals surface area contributed by atoms with Crippen LogP contribution in [0.3, 0.4) is 0 Å². The van der Waals surface area contributed by atoms with E-state index >= 15 is 0 Å². The first-order chi connectivity index (χ1) is 8.16. The van der Waals surface area contributed by atoms with E-state index in [0.29, 0.717) is 14.4 Å². The molecule has 0 amide bonds. The topological polar surface area (TPSA) is 86.9 Å². The van der Waals surface area contributed by atoms with Crippen molar-refractivity contribution in [3.8, 4) is 0 Å². The number of hydrogen-bond acceptors (Lipinski definition) is 5. The Kier molecular flexibility index (Phi) is 3.89. The van der Waals surface area contributed by atoms with Crippen LogP contribution in [0.4, 0.5) is 5.13 Å². The summed E-state index contributed by atoms with van der Waals surface area (Å²) < 4.78 is 12.7. The molecular formula is C9H8N4OS3. The summed E-state index contributed by atoms with van der Waals surface area (Å²) in [5, 5.41) is 3.85. The largest absolute Gasteiger partial charge is 0.605 e. The Morgan fingerprint density at radius 3 is 2.94 bits per heavy atom. The molecule has 3 N–H and O–H groups in total. The number of aromatic nitrogens is 2. The Morgan fingerprint density at radius 1 is 1.47 bits per heavy atom. The van der Waals surface area contributed by atoms with Crippen LogP contribution in [0.5, 0.6) is 0 Å². The molecule has 0 spiro atoms. The summed E-state index contributed by atoms with van der Waals surface area (Å²) in [7, 11) is 0. The Bertz CT molecular complexity index is 516. The predicted molar refractivity (Wildman–Crippen MR) is 71.4 cm³/mol. The monoisotopic (exact) mass is 284 g/mol. The molecule has 17 heavy (non-hydrogen) atoms. The molecule has 0 saturated carbocycles. The highest BCUT2D eigenvalue weighted by atomic mass is 32.2. The van der Waals surface area contributed by atoms with E-state index < -0.39 is 11.2 Å². The number of rotatable bonds is 3. The Hall–Kier alpha value is -1.22. The number of pyridine rings is 1. The molecule has 0 radical (unpaired) electrons. The molecule has 2 heterocycles. The van der Waals surface area contributed by atoms with Gasteiger partial charge in [-0.15, -0.1) is 0 Å². The maximum Gasteiger partial charge on any atom is 0.251 e. The highest BCUT2D eigenvalue weighted by Crippen LogP contribution is 2.27. The molecule has 8 heteroatoms. The van der Waals surface area contributed by atoms with Crippen LogP contribution < -0.4 is 11.1 Å². The van der Waals surface area contributed by atoms with E-state index in [2.05, 4.69) is 15.3 Å². The first-order valence-corrected chi connectivity index (χ1v) is 6.89.